The molecule has 2 aliphatic heterocycles. The fourth-order valence-electron chi connectivity index (χ4n) is 16.0. The topological polar surface area (TPSA) is 9.72 Å². The maximum Gasteiger partial charge on any atom is 0.264 e. The minimum Gasteiger partial charge on any atom is -0.311 e. The number of hydrogen-bond donors (Lipinski definition) is 0. The van der Waals surface area contributed by atoms with Crippen LogP contribution in [0.2, 0.25) is 0 Å². The number of rotatable bonds is 7. The van der Waals surface area contributed by atoms with Crippen LogP contribution in [-0.4, -0.2) is 6.71 Å². The van der Waals surface area contributed by atoms with Gasteiger partial charge in [-0.15, -0.1) is 0 Å². The van der Waals surface area contributed by atoms with E-state index in [1.807, 2.05) is 11.3 Å². The van der Waals surface area contributed by atoms with Crippen LogP contribution in [0, 0.1) is 6.92 Å². The van der Waals surface area contributed by atoms with E-state index in [-0.39, 0.29) is 12.1 Å². The van der Waals surface area contributed by atoms with Crippen molar-refractivity contribution in [2.75, 3.05) is 14.7 Å². The number of benzene rings is 12. The number of thiophene rings is 1. The summed E-state index contributed by atoms with van der Waals surface area (Å²) in [5.41, 5.74) is 32.8. The van der Waals surface area contributed by atoms with Gasteiger partial charge in [0.1, 0.15) is 0 Å². The SMILES string of the molecule is Cc1cc2c3c(c1)N(c1ccccc1-c1ccccc1)c1c(sc4c1-c1ccccc1C4(C)C)B3c1cc3c(cc1N2c1ccccc1-c1ccccc1)C1(c2ccccc2-3)c2ccccc2-c2c(N(c3ccccc3)c3ccccc3)cccc21. The molecule has 3 heterocycles. The Kier molecular flexibility index (Phi) is 10.5. The molecular weight excluding hydrogens is 1060 g/mol. The van der Waals surface area contributed by atoms with E-state index < -0.39 is 5.41 Å². The molecule has 1 spiro atoms. The molecule has 0 saturated heterocycles. The largest absolute Gasteiger partial charge is 0.311 e. The van der Waals surface area contributed by atoms with Gasteiger partial charge in [0.05, 0.1) is 28.2 Å². The van der Waals surface area contributed by atoms with Crippen molar-refractivity contribution < 1.29 is 0 Å². The lowest BCUT2D eigenvalue weighted by atomic mass is 9.36. The van der Waals surface area contributed by atoms with Crippen molar-refractivity contribution in [3.63, 3.8) is 0 Å². The summed E-state index contributed by atoms with van der Waals surface area (Å²) >= 11 is 2.05. The Morgan fingerprint density at radius 2 is 0.849 bits per heavy atom. The Hall–Kier alpha value is -10.2. The van der Waals surface area contributed by atoms with Gasteiger partial charge in [-0.1, -0.05) is 238 Å². The second-order valence-electron chi connectivity index (χ2n) is 24.3. The molecule has 1 aromatic heterocycles. The van der Waals surface area contributed by atoms with Crippen LogP contribution in [0.25, 0.3) is 55.6 Å². The van der Waals surface area contributed by atoms with Gasteiger partial charge in [0.25, 0.3) is 6.71 Å². The van der Waals surface area contributed by atoms with Crippen molar-refractivity contribution in [3.05, 3.63) is 323 Å². The van der Waals surface area contributed by atoms with E-state index in [9.17, 15) is 0 Å². The number of anilines is 9. The molecule has 1 unspecified atom stereocenters. The monoisotopic (exact) mass is 1110 g/mol. The third-order valence-corrected chi connectivity index (χ3v) is 21.0. The van der Waals surface area contributed by atoms with Crippen LogP contribution in [0.4, 0.5) is 51.2 Å². The third-order valence-electron chi connectivity index (χ3n) is 19.4. The summed E-state index contributed by atoms with van der Waals surface area (Å²) in [6.45, 7) is 7.11. The minimum atomic E-state index is -0.655. The molecule has 3 nitrogen and oxygen atoms in total. The van der Waals surface area contributed by atoms with Crippen molar-refractivity contribution in [3.8, 4) is 55.6 Å². The standard InChI is InChI=1S/C81H56BN3S/c1-51-47-72-76-73(48-51)85(69-45-25-20-36-57(69)53-29-10-5-11-30-53)77-75-59-38-17-21-40-62(59)80(2,3)78(75)86-79(77)82(76)67-49-61-58-37-16-22-41-63(58)81(66(61)50-71(67)84(72)68-44-24-19-35-56(68)52-27-8-4-9-28-52)64-42-23-18-39-60(64)74-65(81)43-26-46-70(74)83(54-31-12-6-13-32-54)55-33-14-7-15-34-55/h4-50H,1-3H3. The number of para-hydroxylation sites is 4. The molecule has 5 aliphatic rings. The summed E-state index contributed by atoms with van der Waals surface area (Å²) in [5, 5.41) is 0. The van der Waals surface area contributed by atoms with Crippen molar-refractivity contribution in [2.45, 2.75) is 31.6 Å². The average molecular weight is 1110 g/mol. The highest BCUT2D eigenvalue weighted by Crippen LogP contribution is 2.66. The molecule has 1 atom stereocenters. The number of aryl methyl sites for hydroxylation is 1. The normalized spacial score (nSPS) is 15.5. The first-order valence-corrected chi connectivity index (χ1v) is 30.9. The Balaban J connectivity index is 0.971. The lowest BCUT2D eigenvalue weighted by Gasteiger charge is -2.45. The molecule has 18 rings (SSSR count). The number of hydrogen-bond acceptors (Lipinski definition) is 4. The van der Waals surface area contributed by atoms with Crippen LogP contribution >= 0.6 is 11.3 Å². The zero-order valence-electron chi connectivity index (χ0n) is 48.0. The summed E-state index contributed by atoms with van der Waals surface area (Å²) in [4.78, 5) is 9.25. The Morgan fingerprint density at radius 1 is 0.372 bits per heavy atom. The molecule has 13 aromatic rings. The van der Waals surface area contributed by atoms with Gasteiger partial charge in [-0.3, -0.25) is 0 Å². The number of fused-ring (bicyclic) bond motifs is 18. The van der Waals surface area contributed by atoms with Gasteiger partial charge in [0, 0.05) is 65.8 Å². The first-order chi connectivity index (χ1) is 42.4. The predicted molar refractivity (Wildman–Crippen MR) is 362 cm³/mol. The summed E-state index contributed by atoms with van der Waals surface area (Å²) in [5.74, 6) is 0. The Morgan fingerprint density at radius 3 is 1.47 bits per heavy atom. The molecular formula is C81H56BN3S. The van der Waals surface area contributed by atoms with Crippen molar-refractivity contribution >= 4 is 84.9 Å². The van der Waals surface area contributed by atoms with Crippen molar-refractivity contribution in [1.82, 2.24) is 0 Å². The molecule has 0 N–H and O–H groups in total. The predicted octanol–water partition coefficient (Wildman–Crippen LogP) is 19.6. The fraction of sp³-hybridized carbons (Fsp3) is 0.0617. The van der Waals surface area contributed by atoms with Gasteiger partial charge >= 0.3 is 0 Å². The quantitative estimate of drug-likeness (QED) is 0.147. The second kappa shape index (κ2) is 18.4. The van der Waals surface area contributed by atoms with Crippen LogP contribution < -0.4 is 30.4 Å². The lowest BCUT2D eigenvalue weighted by molar-refractivity contribution is 0.674. The van der Waals surface area contributed by atoms with Crippen LogP contribution in [0.15, 0.2) is 285 Å². The maximum atomic E-state index is 2.69. The molecule has 0 bridgehead atoms. The molecule has 5 heteroatoms. The van der Waals surface area contributed by atoms with Gasteiger partial charge in [0.15, 0.2) is 0 Å². The van der Waals surface area contributed by atoms with Gasteiger partial charge in [-0.05, 0) is 145 Å². The zero-order chi connectivity index (χ0) is 57.0. The highest BCUT2D eigenvalue weighted by atomic mass is 32.1. The minimum absolute atomic E-state index is 0.0986. The highest BCUT2D eigenvalue weighted by molar-refractivity contribution is 7.29. The van der Waals surface area contributed by atoms with E-state index in [1.165, 1.54) is 138 Å². The third kappa shape index (κ3) is 6.64. The van der Waals surface area contributed by atoms with Crippen LogP contribution in [-0.2, 0) is 10.8 Å². The first kappa shape index (κ1) is 49.3. The van der Waals surface area contributed by atoms with Crippen molar-refractivity contribution in [1.29, 1.82) is 0 Å². The lowest BCUT2D eigenvalue weighted by Crippen LogP contribution is -2.60. The van der Waals surface area contributed by atoms with Gasteiger partial charge in [-0.25, -0.2) is 0 Å². The maximum absolute atomic E-state index is 2.69. The van der Waals surface area contributed by atoms with Crippen LogP contribution in [0.3, 0.4) is 0 Å². The number of nitrogens with zero attached hydrogens (tertiary/aromatic N) is 3. The molecule has 0 radical (unpaired) electrons. The van der Waals surface area contributed by atoms with E-state index in [0.717, 1.165) is 22.7 Å². The van der Waals surface area contributed by atoms with E-state index in [1.54, 1.807) is 0 Å². The molecule has 0 saturated carbocycles. The van der Waals surface area contributed by atoms with Crippen LogP contribution in [0.5, 0.6) is 0 Å². The summed E-state index contributed by atoms with van der Waals surface area (Å²) in [7, 11) is 0. The molecule has 0 fully saturated rings. The van der Waals surface area contributed by atoms with Crippen molar-refractivity contribution in [2.24, 2.45) is 0 Å². The Labute approximate surface area is 507 Å². The summed E-state index contributed by atoms with van der Waals surface area (Å²) in [6.07, 6.45) is 0. The summed E-state index contributed by atoms with van der Waals surface area (Å²) < 4.78 is 1.39. The smallest absolute Gasteiger partial charge is 0.264 e. The summed E-state index contributed by atoms with van der Waals surface area (Å²) in [6, 6.07) is 107. The molecule has 404 valence electrons. The molecule has 3 aliphatic carbocycles. The molecule has 0 amide bonds. The molecule has 12 aromatic carbocycles. The average Bonchev–Trinajstić information content (AvgIpc) is 1.46. The second-order valence-corrected chi connectivity index (χ2v) is 25.3. The Bertz CT molecular complexity index is 4910. The van der Waals surface area contributed by atoms with Gasteiger partial charge in [-0.2, -0.15) is 11.3 Å². The fourth-order valence-corrected chi connectivity index (χ4v) is 17.5. The van der Waals surface area contributed by atoms with E-state index in [2.05, 4.69) is 321 Å². The van der Waals surface area contributed by atoms with Gasteiger partial charge in [0.2, 0.25) is 0 Å². The van der Waals surface area contributed by atoms with E-state index in [0.29, 0.717) is 0 Å². The zero-order valence-corrected chi connectivity index (χ0v) is 48.8. The molecule has 86 heavy (non-hydrogen) atoms. The first-order valence-electron chi connectivity index (χ1n) is 30.1. The van der Waals surface area contributed by atoms with Gasteiger partial charge < -0.3 is 14.7 Å². The highest BCUT2D eigenvalue weighted by Gasteiger charge is 2.56. The van der Waals surface area contributed by atoms with Crippen LogP contribution in [0.1, 0.15) is 52.1 Å². The van der Waals surface area contributed by atoms with E-state index in [4.69, 9.17) is 0 Å². The van der Waals surface area contributed by atoms with E-state index >= 15 is 0 Å².